The summed E-state index contributed by atoms with van der Waals surface area (Å²) >= 11 is 5.60. The molecule has 1 aromatic carbocycles. The van der Waals surface area contributed by atoms with Crippen LogP contribution in [0.4, 0.5) is 4.39 Å². The minimum atomic E-state index is -0.237. The maximum atomic E-state index is 12.7. The van der Waals surface area contributed by atoms with E-state index >= 15 is 0 Å². The van der Waals surface area contributed by atoms with Crippen molar-refractivity contribution in [1.82, 2.24) is 0 Å². The molecule has 0 aliphatic carbocycles. The van der Waals surface area contributed by atoms with Gasteiger partial charge in [-0.25, -0.2) is 4.39 Å². The highest BCUT2D eigenvalue weighted by Crippen LogP contribution is 2.14. The zero-order valence-electron chi connectivity index (χ0n) is 5.40. The van der Waals surface area contributed by atoms with Gasteiger partial charge >= 0.3 is 0 Å². The van der Waals surface area contributed by atoms with Crippen LogP contribution in [-0.4, -0.2) is 0 Å². The summed E-state index contributed by atoms with van der Waals surface area (Å²) in [4.78, 5) is 0. The Morgan fingerprint density at radius 2 is 2.20 bits per heavy atom. The molecule has 0 nitrogen and oxygen atoms in total. The first-order chi connectivity index (χ1) is 4.74. The van der Waals surface area contributed by atoms with E-state index in [1.807, 2.05) is 0 Å². The van der Waals surface area contributed by atoms with Gasteiger partial charge in [-0.05, 0) is 37.1 Å². The van der Waals surface area contributed by atoms with Crippen LogP contribution in [0.15, 0.2) is 18.2 Å². The average molecular weight is 158 g/mol. The van der Waals surface area contributed by atoms with Crippen molar-refractivity contribution in [3.63, 3.8) is 0 Å². The summed E-state index contributed by atoms with van der Waals surface area (Å²) in [6.07, 6.45) is 0.437. The highest BCUT2D eigenvalue weighted by atomic mass is 35.5. The second-order valence-electron chi connectivity index (χ2n) is 1.99. The molecule has 1 aromatic rings. The van der Waals surface area contributed by atoms with Gasteiger partial charge in [0, 0.05) is 5.02 Å². The van der Waals surface area contributed by atoms with Crippen molar-refractivity contribution in [3.8, 4) is 0 Å². The summed E-state index contributed by atoms with van der Waals surface area (Å²) in [6.45, 7) is 3.56. The Balaban J connectivity index is 3.09. The minimum absolute atomic E-state index is 0.237. The molecule has 0 aromatic heterocycles. The van der Waals surface area contributed by atoms with Crippen LogP contribution >= 0.6 is 11.6 Å². The lowest BCUT2D eigenvalue weighted by Gasteiger charge is -1.97. The molecule has 1 rings (SSSR count). The third kappa shape index (κ3) is 1.48. The molecule has 0 N–H and O–H groups in total. The fraction of sp³-hybridized carbons (Fsp3) is 0.125. The number of benzene rings is 1. The van der Waals surface area contributed by atoms with Crippen LogP contribution in [0.5, 0.6) is 0 Å². The van der Waals surface area contributed by atoms with Gasteiger partial charge in [0.15, 0.2) is 0 Å². The van der Waals surface area contributed by atoms with E-state index < -0.39 is 0 Å². The number of rotatable bonds is 1. The van der Waals surface area contributed by atoms with Gasteiger partial charge in [-0.2, -0.15) is 0 Å². The van der Waals surface area contributed by atoms with Crippen molar-refractivity contribution in [1.29, 1.82) is 0 Å². The van der Waals surface area contributed by atoms with Crippen molar-refractivity contribution in [2.75, 3.05) is 0 Å². The van der Waals surface area contributed by atoms with E-state index in [-0.39, 0.29) is 5.82 Å². The van der Waals surface area contributed by atoms with Gasteiger partial charge in [0.1, 0.15) is 5.82 Å². The summed E-state index contributed by atoms with van der Waals surface area (Å²) in [6, 6.07) is 4.46. The molecule has 0 saturated carbocycles. The quantitative estimate of drug-likeness (QED) is 0.588. The zero-order valence-corrected chi connectivity index (χ0v) is 6.16. The predicted octanol–water partition coefficient (Wildman–Crippen LogP) is 2.86. The molecular weight excluding hydrogens is 151 g/mol. The second-order valence-corrected chi connectivity index (χ2v) is 2.42. The van der Waals surface area contributed by atoms with Gasteiger partial charge in [0.2, 0.25) is 0 Å². The van der Waals surface area contributed by atoms with Gasteiger partial charge in [0.25, 0.3) is 0 Å². The zero-order chi connectivity index (χ0) is 7.56. The minimum Gasteiger partial charge on any atom is -0.207 e. The molecule has 0 aliphatic heterocycles. The van der Waals surface area contributed by atoms with E-state index in [0.29, 0.717) is 17.0 Å². The van der Waals surface area contributed by atoms with E-state index in [2.05, 4.69) is 6.92 Å². The monoisotopic (exact) mass is 157 g/mol. The maximum absolute atomic E-state index is 12.7. The Labute approximate surface area is 64.6 Å². The normalized spacial score (nSPS) is 9.90. The Kier molecular flexibility index (Phi) is 2.28. The van der Waals surface area contributed by atoms with Gasteiger partial charge in [-0.1, -0.05) is 11.6 Å². The van der Waals surface area contributed by atoms with Crippen LogP contribution in [0.25, 0.3) is 0 Å². The molecule has 0 spiro atoms. The van der Waals surface area contributed by atoms with E-state index in [4.69, 9.17) is 11.6 Å². The summed E-state index contributed by atoms with van der Waals surface area (Å²) in [5.41, 5.74) is 0.563. The van der Waals surface area contributed by atoms with Crippen LogP contribution in [0.3, 0.4) is 0 Å². The molecule has 0 saturated heterocycles. The van der Waals surface area contributed by atoms with Crippen LogP contribution in [-0.2, 0) is 6.42 Å². The van der Waals surface area contributed by atoms with Gasteiger partial charge in [0.05, 0.1) is 0 Å². The predicted molar refractivity (Wildman–Crippen MR) is 40.5 cm³/mol. The first kappa shape index (κ1) is 7.55. The number of hydrogen-bond donors (Lipinski definition) is 0. The molecule has 0 fully saturated rings. The molecule has 0 atom stereocenters. The molecule has 1 radical (unpaired) electrons. The average Bonchev–Trinajstić information content (AvgIpc) is 1.94. The first-order valence-electron chi connectivity index (χ1n) is 2.97. The third-order valence-electron chi connectivity index (χ3n) is 1.28. The molecular formula is C8H7ClF. The molecule has 53 valence electrons. The molecule has 0 heterocycles. The number of halogens is 2. The largest absolute Gasteiger partial charge is 0.207 e. The maximum Gasteiger partial charge on any atom is 0.126 e. The van der Waals surface area contributed by atoms with Crippen molar-refractivity contribution in [2.45, 2.75) is 6.42 Å². The van der Waals surface area contributed by atoms with E-state index in [0.717, 1.165) is 0 Å². The van der Waals surface area contributed by atoms with E-state index in [9.17, 15) is 4.39 Å². The molecule has 2 heteroatoms. The van der Waals surface area contributed by atoms with Crippen LogP contribution in [0, 0.1) is 12.7 Å². The van der Waals surface area contributed by atoms with Crippen LogP contribution in [0.2, 0.25) is 5.02 Å². The standard InChI is InChI=1S/C8H7ClF/c1-2-6-5-7(9)3-4-8(6)10/h3-5H,1-2H2. The molecule has 0 amide bonds. The van der Waals surface area contributed by atoms with E-state index in [1.54, 1.807) is 6.07 Å². The fourth-order valence-corrected chi connectivity index (χ4v) is 0.930. The Morgan fingerprint density at radius 1 is 1.50 bits per heavy atom. The Morgan fingerprint density at radius 3 is 2.70 bits per heavy atom. The summed E-state index contributed by atoms with van der Waals surface area (Å²) in [5, 5.41) is 0.556. The van der Waals surface area contributed by atoms with Crippen molar-refractivity contribution >= 4 is 11.6 Å². The lowest BCUT2D eigenvalue weighted by molar-refractivity contribution is 0.614. The van der Waals surface area contributed by atoms with Crippen molar-refractivity contribution in [3.05, 3.63) is 41.5 Å². The summed E-state index contributed by atoms with van der Waals surface area (Å²) in [7, 11) is 0. The van der Waals surface area contributed by atoms with Crippen LogP contribution in [0.1, 0.15) is 5.56 Å². The number of hydrogen-bond acceptors (Lipinski definition) is 0. The van der Waals surface area contributed by atoms with Gasteiger partial charge in [-0.15, -0.1) is 0 Å². The Hall–Kier alpha value is -0.560. The highest BCUT2D eigenvalue weighted by molar-refractivity contribution is 6.30. The summed E-state index contributed by atoms with van der Waals surface area (Å²) < 4.78 is 12.7. The Bertz CT molecular complexity index is 233. The second kappa shape index (κ2) is 3.02. The van der Waals surface area contributed by atoms with Crippen molar-refractivity contribution in [2.24, 2.45) is 0 Å². The first-order valence-corrected chi connectivity index (χ1v) is 3.35. The molecule has 0 bridgehead atoms. The third-order valence-corrected chi connectivity index (χ3v) is 1.51. The molecule has 0 aliphatic rings. The van der Waals surface area contributed by atoms with Gasteiger partial charge < -0.3 is 0 Å². The lowest BCUT2D eigenvalue weighted by Crippen LogP contribution is -1.85. The fourth-order valence-electron chi connectivity index (χ4n) is 0.735. The van der Waals surface area contributed by atoms with Crippen LogP contribution < -0.4 is 0 Å². The lowest BCUT2D eigenvalue weighted by atomic mass is 10.2. The highest BCUT2D eigenvalue weighted by Gasteiger charge is 1.98. The molecule has 0 unspecified atom stereocenters. The summed E-state index contributed by atoms with van der Waals surface area (Å²) in [5.74, 6) is -0.237. The van der Waals surface area contributed by atoms with Crippen molar-refractivity contribution < 1.29 is 4.39 Å². The molecule has 10 heavy (non-hydrogen) atoms. The van der Waals surface area contributed by atoms with Gasteiger partial charge in [-0.3, -0.25) is 0 Å². The topological polar surface area (TPSA) is 0 Å². The SMILES string of the molecule is [CH2]Cc1cc(Cl)ccc1F. The van der Waals surface area contributed by atoms with E-state index in [1.165, 1.54) is 12.1 Å². The smallest absolute Gasteiger partial charge is 0.126 e.